The molecule has 1 saturated heterocycles. The summed E-state index contributed by atoms with van der Waals surface area (Å²) in [5.41, 5.74) is 0.0369. The number of nitrogens with zero attached hydrogens (tertiary/aromatic N) is 5. The minimum Gasteiger partial charge on any atom is -0.341 e. The highest BCUT2D eigenvalue weighted by Gasteiger charge is 2.48. The first-order chi connectivity index (χ1) is 13.7. The van der Waals surface area contributed by atoms with Crippen LogP contribution in [0.4, 0.5) is 13.2 Å². The maximum Gasteiger partial charge on any atom is 0.392 e. The number of carbonyl (C=O) groups is 1. The maximum atomic E-state index is 13.5. The minimum atomic E-state index is -4.46. The minimum absolute atomic E-state index is 0.0111. The monoisotopic (exact) mass is 429 g/mol. The van der Waals surface area contributed by atoms with Gasteiger partial charge < -0.3 is 4.90 Å². The first kappa shape index (κ1) is 19.9. The Labute approximate surface area is 169 Å². The molecule has 0 saturated carbocycles. The number of likely N-dealkylation sites (tertiary alicyclic amines) is 1. The lowest BCUT2D eigenvalue weighted by Crippen LogP contribution is -2.45. The molecule has 0 N–H and O–H groups in total. The van der Waals surface area contributed by atoms with E-state index in [1.165, 1.54) is 6.20 Å². The van der Waals surface area contributed by atoms with Crippen molar-refractivity contribution in [2.45, 2.75) is 44.4 Å². The highest BCUT2D eigenvalue weighted by molar-refractivity contribution is 6.29. The van der Waals surface area contributed by atoms with E-state index in [-0.39, 0.29) is 17.5 Å². The molecule has 1 unspecified atom stereocenters. The Kier molecular flexibility index (Phi) is 5.14. The zero-order valence-corrected chi connectivity index (χ0v) is 16.2. The summed E-state index contributed by atoms with van der Waals surface area (Å²) in [5, 5.41) is 4.41. The summed E-state index contributed by atoms with van der Waals surface area (Å²) < 4.78 is 42.7. The SMILES string of the molecule is O=C([C@@H]1CC(C(F)(F)F)Cc2nn(Cc3ccc(Cl)nc3)c(=O)n21)N1CCCC1. The average Bonchev–Trinajstić information content (AvgIpc) is 3.31. The third-order valence-corrected chi connectivity index (χ3v) is 5.70. The summed E-state index contributed by atoms with van der Waals surface area (Å²) in [6, 6.07) is 2.02. The molecule has 11 heteroatoms. The zero-order valence-electron chi connectivity index (χ0n) is 15.4. The molecule has 0 bridgehead atoms. The maximum absolute atomic E-state index is 13.5. The van der Waals surface area contributed by atoms with Gasteiger partial charge in [-0.1, -0.05) is 17.7 Å². The van der Waals surface area contributed by atoms with Crippen LogP contribution in [0.1, 0.15) is 36.7 Å². The number of aromatic nitrogens is 4. The van der Waals surface area contributed by atoms with Crippen LogP contribution in [0.5, 0.6) is 0 Å². The Morgan fingerprint density at radius 2 is 1.97 bits per heavy atom. The number of rotatable bonds is 3. The van der Waals surface area contributed by atoms with Crippen LogP contribution in [-0.2, 0) is 17.8 Å². The molecule has 0 aliphatic carbocycles. The van der Waals surface area contributed by atoms with Crippen molar-refractivity contribution in [2.24, 2.45) is 5.92 Å². The normalized spacial score (nSPS) is 22.0. The summed E-state index contributed by atoms with van der Waals surface area (Å²) in [7, 11) is 0. The lowest BCUT2D eigenvalue weighted by atomic mass is 9.91. The fraction of sp³-hybridized carbons (Fsp3) is 0.556. The summed E-state index contributed by atoms with van der Waals surface area (Å²) in [6.45, 7) is 1.03. The van der Waals surface area contributed by atoms with Gasteiger partial charge in [0.1, 0.15) is 17.0 Å². The molecule has 2 aliphatic rings. The van der Waals surface area contributed by atoms with Crippen molar-refractivity contribution < 1.29 is 18.0 Å². The van der Waals surface area contributed by atoms with Crippen molar-refractivity contribution in [3.05, 3.63) is 45.4 Å². The van der Waals surface area contributed by atoms with Crippen LogP contribution in [-0.4, -0.2) is 49.4 Å². The smallest absolute Gasteiger partial charge is 0.341 e. The topological polar surface area (TPSA) is 73.0 Å². The highest BCUT2D eigenvalue weighted by Crippen LogP contribution is 2.39. The fourth-order valence-electron chi connectivity index (χ4n) is 3.98. The van der Waals surface area contributed by atoms with Crippen LogP contribution in [0.2, 0.25) is 5.15 Å². The number of carbonyl (C=O) groups excluding carboxylic acids is 1. The summed E-state index contributed by atoms with van der Waals surface area (Å²) in [4.78, 5) is 31.3. The lowest BCUT2D eigenvalue weighted by molar-refractivity contribution is -0.183. The molecule has 156 valence electrons. The highest BCUT2D eigenvalue weighted by atomic mass is 35.5. The molecule has 2 aromatic rings. The molecule has 2 aromatic heterocycles. The Morgan fingerprint density at radius 3 is 2.59 bits per heavy atom. The van der Waals surface area contributed by atoms with E-state index in [2.05, 4.69) is 10.1 Å². The average molecular weight is 430 g/mol. The van der Waals surface area contributed by atoms with Gasteiger partial charge in [0.15, 0.2) is 0 Å². The molecule has 1 amide bonds. The van der Waals surface area contributed by atoms with Crippen molar-refractivity contribution in [2.75, 3.05) is 13.1 Å². The van der Waals surface area contributed by atoms with E-state index in [9.17, 15) is 22.8 Å². The first-order valence-electron chi connectivity index (χ1n) is 9.38. The predicted octanol–water partition coefficient (Wildman–Crippen LogP) is 2.43. The van der Waals surface area contributed by atoms with E-state index in [1.807, 2.05) is 0 Å². The van der Waals surface area contributed by atoms with Crippen molar-refractivity contribution in [3.8, 4) is 0 Å². The van der Waals surface area contributed by atoms with Crippen LogP contribution in [0.3, 0.4) is 0 Å². The molecule has 4 heterocycles. The molecule has 0 aromatic carbocycles. The van der Waals surface area contributed by atoms with E-state index in [4.69, 9.17) is 11.6 Å². The second kappa shape index (κ2) is 7.47. The van der Waals surface area contributed by atoms with Crippen LogP contribution >= 0.6 is 11.6 Å². The molecule has 7 nitrogen and oxygen atoms in total. The van der Waals surface area contributed by atoms with Crippen molar-refractivity contribution in [1.29, 1.82) is 0 Å². The van der Waals surface area contributed by atoms with E-state index in [0.717, 1.165) is 22.1 Å². The van der Waals surface area contributed by atoms with E-state index >= 15 is 0 Å². The van der Waals surface area contributed by atoms with Crippen molar-refractivity contribution in [3.63, 3.8) is 0 Å². The van der Waals surface area contributed by atoms with Crippen molar-refractivity contribution >= 4 is 17.5 Å². The number of alkyl halides is 3. The van der Waals surface area contributed by atoms with Crippen LogP contribution in [0, 0.1) is 5.92 Å². The van der Waals surface area contributed by atoms with Crippen LogP contribution < -0.4 is 5.69 Å². The van der Waals surface area contributed by atoms with Gasteiger partial charge in [-0.05, 0) is 30.9 Å². The molecule has 2 atom stereocenters. The third kappa shape index (κ3) is 3.90. The predicted molar refractivity (Wildman–Crippen MR) is 97.6 cm³/mol. The van der Waals surface area contributed by atoms with Gasteiger partial charge in [-0.2, -0.15) is 18.3 Å². The molecule has 4 rings (SSSR count). The number of halogens is 4. The number of amides is 1. The number of hydrogen-bond acceptors (Lipinski definition) is 4. The first-order valence-corrected chi connectivity index (χ1v) is 9.76. The molecule has 0 radical (unpaired) electrons. The summed E-state index contributed by atoms with van der Waals surface area (Å²) in [5.74, 6) is -2.16. The second-order valence-corrected chi connectivity index (χ2v) is 7.83. The molecular formula is C18H19ClF3N5O2. The Balaban J connectivity index is 1.70. The summed E-state index contributed by atoms with van der Waals surface area (Å²) in [6.07, 6.45) is -2.24. The largest absolute Gasteiger partial charge is 0.392 e. The standard InChI is InChI=1S/C18H19ClF3N5O2/c19-14-4-3-11(9-23-14)10-26-17(29)27-13(16(28)25-5-1-2-6-25)7-12(18(20,21)22)8-15(27)24-26/h3-4,9,12-13H,1-2,5-8,10H2/t12?,13-/m0/s1. The Bertz CT molecular complexity index is 963. The van der Waals surface area contributed by atoms with Gasteiger partial charge in [-0.25, -0.2) is 14.5 Å². The van der Waals surface area contributed by atoms with Gasteiger partial charge >= 0.3 is 11.9 Å². The van der Waals surface area contributed by atoms with E-state index in [0.29, 0.717) is 18.7 Å². The Hall–Kier alpha value is -2.36. The molecular weight excluding hydrogens is 411 g/mol. The van der Waals surface area contributed by atoms with Gasteiger partial charge in [-0.3, -0.25) is 9.36 Å². The quantitative estimate of drug-likeness (QED) is 0.702. The second-order valence-electron chi connectivity index (χ2n) is 7.44. The van der Waals surface area contributed by atoms with Gasteiger partial charge in [0.2, 0.25) is 5.91 Å². The number of fused-ring (bicyclic) bond motifs is 1. The molecule has 2 aliphatic heterocycles. The van der Waals surface area contributed by atoms with Gasteiger partial charge in [0.05, 0.1) is 12.5 Å². The van der Waals surface area contributed by atoms with E-state index < -0.39 is 42.6 Å². The molecule has 1 fully saturated rings. The third-order valence-electron chi connectivity index (χ3n) is 5.48. The number of pyridine rings is 1. The molecule has 29 heavy (non-hydrogen) atoms. The van der Waals surface area contributed by atoms with E-state index in [1.54, 1.807) is 17.0 Å². The summed E-state index contributed by atoms with van der Waals surface area (Å²) >= 11 is 5.76. The zero-order chi connectivity index (χ0) is 20.8. The van der Waals surface area contributed by atoms with Crippen LogP contribution in [0.25, 0.3) is 0 Å². The lowest BCUT2D eigenvalue weighted by Gasteiger charge is -2.32. The Morgan fingerprint density at radius 1 is 1.24 bits per heavy atom. The number of hydrogen-bond donors (Lipinski definition) is 0. The van der Waals surface area contributed by atoms with Crippen molar-refractivity contribution in [1.82, 2.24) is 24.2 Å². The van der Waals surface area contributed by atoms with Gasteiger partial charge in [0.25, 0.3) is 0 Å². The molecule has 0 spiro atoms. The van der Waals surface area contributed by atoms with Gasteiger partial charge in [-0.15, -0.1) is 0 Å². The van der Waals surface area contributed by atoms with Gasteiger partial charge in [0, 0.05) is 25.7 Å². The van der Waals surface area contributed by atoms with Crippen LogP contribution in [0.15, 0.2) is 23.1 Å². The fourth-order valence-corrected chi connectivity index (χ4v) is 4.09.